The van der Waals surface area contributed by atoms with E-state index in [9.17, 15) is 0 Å². The Kier molecular flexibility index (Phi) is 9.27. The van der Waals surface area contributed by atoms with E-state index in [4.69, 9.17) is 0 Å². The molecule has 250 valence electrons. The molecular weight excluding hydrogens is 633 g/mol. The van der Waals surface area contributed by atoms with Crippen LogP contribution in [0.25, 0.3) is 45.0 Å². The molecule has 4 nitrogen and oxygen atoms in total. The fraction of sp³-hybridized carbons (Fsp3) is 0.0833. The second kappa shape index (κ2) is 14.8. The van der Waals surface area contributed by atoms with Gasteiger partial charge in [-0.05, 0) is 71.2 Å². The van der Waals surface area contributed by atoms with Crippen LogP contribution in [-0.4, -0.2) is 0 Å². The number of pyridine rings is 4. The Morgan fingerprint density at radius 2 is 0.596 bits per heavy atom. The van der Waals surface area contributed by atoms with E-state index in [0.29, 0.717) is 0 Å². The highest BCUT2D eigenvalue weighted by atomic mass is 14.9. The lowest BCUT2D eigenvalue weighted by molar-refractivity contribution is -0.596. The van der Waals surface area contributed by atoms with Crippen molar-refractivity contribution in [1.82, 2.24) is 0 Å². The first-order valence-corrected chi connectivity index (χ1v) is 17.9. The van der Waals surface area contributed by atoms with E-state index in [-0.39, 0.29) is 0 Å². The van der Waals surface area contributed by atoms with Crippen molar-refractivity contribution < 1.29 is 18.3 Å². The Morgan fingerprint density at radius 3 is 0.885 bits per heavy atom. The fourth-order valence-corrected chi connectivity index (χ4v) is 6.88. The minimum absolute atomic E-state index is 1.01. The zero-order chi connectivity index (χ0) is 35.3. The molecule has 8 aromatic rings. The van der Waals surface area contributed by atoms with E-state index in [2.05, 4.69) is 215 Å². The van der Waals surface area contributed by atoms with Gasteiger partial charge in [0, 0.05) is 97.1 Å². The summed E-state index contributed by atoms with van der Waals surface area (Å²) in [5, 5.41) is 0. The predicted octanol–water partition coefficient (Wildman–Crippen LogP) is 8.53. The summed E-state index contributed by atoms with van der Waals surface area (Å²) in [4.78, 5) is 0. The average Bonchev–Trinajstić information content (AvgIpc) is 3.22. The Bertz CT molecular complexity index is 2240. The van der Waals surface area contributed by atoms with Crippen LogP contribution in [0.2, 0.25) is 0 Å². The molecule has 4 heterocycles. The molecule has 0 amide bonds. The van der Waals surface area contributed by atoms with E-state index in [0.717, 1.165) is 24.2 Å². The summed E-state index contributed by atoms with van der Waals surface area (Å²) in [6, 6.07) is 51.9. The van der Waals surface area contributed by atoms with Gasteiger partial charge in [-0.25, -0.2) is 0 Å². The lowest BCUT2D eigenvalue weighted by Gasteiger charge is -2.09. The lowest BCUT2D eigenvalue weighted by atomic mass is 9.97. The fourth-order valence-electron chi connectivity index (χ4n) is 6.88. The molecule has 8 rings (SSSR count). The van der Waals surface area contributed by atoms with Crippen molar-refractivity contribution in [2.45, 2.75) is 26.7 Å². The van der Waals surface area contributed by atoms with E-state index in [1.807, 2.05) is 12.1 Å². The molecular formula is C48H42N4+4. The van der Waals surface area contributed by atoms with Crippen LogP contribution in [0.1, 0.15) is 22.3 Å². The molecule has 0 aliphatic carbocycles. The molecule has 4 aromatic carbocycles. The van der Waals surface area contributed by atoms with Crippen LogP contribution in [0.5, 0.6) is 0 Å². The monoisotopic (exact) mass is 674 g/mol. The number of rotatable bonds is 9. The molecule has 52 heavy (non-hydrogen) atoms. The molecule has 0 aliphatic rings. The summed E-state index contributed by atoms with van der Waals surface area (Å²) in [5.74, 6) is 0. The zero-order valence-electron chi connectivity index (χ0n) is 29.7. The van der Waals surface area contributed by atoms with Gasteiger partial charge >= 0.3 is 0 Å². The van der Waals surface area contributed by atoms with Crippen molar-refractivity contribution in [2.75, 3.05) is 0 Å². The van der Waals surface area contributed by atoms with Gasteiger partial charge in [0.05, 0.1) is 0 Å². The minimum atomic E-state index is 1.01. The number of hydrogen-bond donors (Lipinski definition) is 0. The first-order chi connectivity index (χ1) is 25.6. The van der Waals surface area contributed by atoms with Crippen molar-refractivity contribution in [3.05, 3.63) is 217 Å². The quantitative estimate of drug-likeness (QED) is 0.137. The number of hydrogen-bond acceptors (Lipinski definition) is 0. The summed E-state index contributed by atoms with van der Waals surface area (Å²) in [6.07, 6.45) is 19.1. The topological polar surface area (TPSA) is 15.5 Å². The Morgan fingerprint density at radius 1 is 0.308 bits per heavy atom. The smallest absolute Gasteiger partial charge is 0.167 e. The van der Waals surface area contributed by atoms with Gasteiger partial charge in [0.15, 0.2) is 49.6 Å². The summed E-state index contributed by atoms with van der Waals surface area (Å²) in [6.45, 7) is 4.46. The van der Waals surface area contributed by atoms with E-state index < -0.39 is 0 Å². The molecule has 0 aliphatic heterocycles. The van der Waals surface area contributed by atoms with Crippen LogP contribution in [-0.2, 0) is 12.8 Å². The normalized spacial score (nSPS) is 11.0. The molecule has 0 saturated carbocycles. The maximum Gasteiger partial charge on any atom is 0.210 e. The highest BCUT2D eigenvalue weighted by Crippen LogP contribution is 2.21. The number of benzene rings is 4. The molecule has 0 fully saturated rings. The third-order valence-corrected chi connectivity index (χ3v) is 10.0. The summed E-state index contributed by atoms with van der Waals surface area (Å²) in [5.41, 5.74) is 14.9. The van der Waals surface area contributed by atoms with Crippen LogP contribution in [0, 0.1) is 13.8 Å². The predicted molar refractivity (Wildman–Crippen MR) is 207 cm³/mol. The first-order valence-electron chi connectivity index (χ1n) is 17.9. The van der Waals surface area contributed by atoms with Crippen molar-refractivity contribution in [2.24, 2.45) is 0 Å². The number of nitrogens with zero attached hydrogens (tertiary/aromatic N) is 4. The third kappa shape index (κ3) is 7.19. The largest absolute Gasteiger partial charge is 0.210 e. The standard InChI is InChI=1S/C48H42N4/c1-37-35-47(51-31-23-43(24-32-51)41-19-27-49(28-20-41)45-9-5-3-6-10-45)17-15-39(37)13-14-40-16-18-48(36-38(40)2)52-33-25-44(26-34-52)42-21-29-50(30-22-42)46-11-7-4-8-12-46/h3-12,15-36H,13-14H2,1-2H3/q+4. The van der Waals surface area contributed by atoms with Crippen molar-refractivity contribution in [3.8, 4) is 45.0 Å². The second-order valence-electron chi connectivity index (χ2n) is 13.4. The molecule has 4 aromatic heterocycles. The maximum absolute atomic E-state index is 2.30. The number of aryl methyl sites for hydroxylation is 4. The number of aromatic nitrogens is 4. The van der Waals surface area contributed by atoms with Crippen LogP contribution in [0.15, 0.2) is 195 Å². The summed E-state index contributed by atoms with van der Waals surface area (Å²) in [7, 11) is 0. The molecule has 0 unspecified atom stereocenters. The highest BCUT2D eigenvalue weighted by Gasteiger charge is 2.14. The van der Waals surface area contributed by atoms with Gasteiger partial charge in [-0.2, -0.15) is 18.3 Å². The average molecular weight is 675 g/mol. The first kappa shape index (κ1) is 32.7. The van der Waals surface area contributed by atoms with Gasteiger partial charge in [-0.1, -0.05) is 48.5 Å². The SMILES string of the molecule is Cc1cc(-[n+]2ccc(-c3cc[n+](-c4ccccc4)cc3)cc2)ccc1CCc1ccc(-[n+]2ccc(-c3cc[n+](-c4ccccc4)cc3)cc2)cc1C. The zero-order valence-corrected chi connectivity index (χ0v) is 29.7. The summed E-state index contributed by atoms with van der Waals surface area (Å²) < 4.78 is 8.67. The second-order valence-corrected chi connectivity index (χ2v) is 13.4. The molecule has 0 bridgehead atoms. The van der Waals surface area contributed by atoms with Crippen molar-refractivity contribution in [3.63, 3.8) is 0 Å². The van der Waals surface area contributed by atoms with Gasteiger partial charge in [-0.15, -0.1) is 0 Å². The minimum Gasteiger partial charge on any atom is -0.167 e. The van der Waals surface area contributed by atoms with Gasteiger partial charge < -0.3 is 0 Å². The van der Waals surface area contributed by atoms with Gasteiger partial charge in [-0.3, -0.25) is 0 Å². The Balaban J connectivity index is 0.892. The van der Waals surface area contributed by atoms with Crippen LogP contribution >= 0.6 is 0 Å². The van der Waals surface area contributed by atoms with Crippen LogP contribution < -0.4 is 18.3 Å². The van der Waals surface area contributed by atoms with Gasteiger partial charge in [0.1, 0.15) is 0 Å². The Hall–Kier alpha value is -6.52. The maximum atomic E-state index is 2.30. The van der Waals surface area contributed by atoms with Crippen molar-refractivity contribution in [1.29, 1.82) is 0 Å². The van der Waals surface area contributed by atoms with Crippen LogP contribution in [0.4, 0.5) is 0 Å². The highest BCUT2D eigenvalue weighted by molar-refractivity contribution is 5.62. The van der Waals surface area contributed by atoms with E-state index in [1.54, 1.807) is 0 Å². The summed E-state index contributed by atoms with van der Waals surface area (Å²) >= 11 is 0. The van der Waals surface area contributed by atoms with E-state index >= 15 is 0 Å². The lowest BCUT2D eigenvalue weighted by Crippen LogP contribution is -2.30. The molecule has 0 radical (unpaired) electrons. The van der Waals surface area contributed by atoms with Crippen molar-refractivity contribution >= 4 is 0 Å². The third-order valence-electron chi connectivity index (χ3n) is 10.0. The molecule has 0 atom stereocenters. The van der Waals surface area contributed by atoms with Crippen LogP contribution in [0.3, 0.4) is 0 Å². The molecule has 0 N–H and O–H groups in total. The Labute approximate surface area is 306 Å². The molecule has 0 spiro atoms. The molecule has 0 saturated heterocycles. The van der Waals surface area contributed by atoms with E-state index in [1.165, 1.54) is 55.9 Å². The van der Waals surface area contributed by atoms with Gasteiger partial charge in [0.2, 0.25) is 22.7 Å². The van der Waals surface area contributed by atoms with Gasteiger partial charge in [0.25, 0.3) is 0 Å². The number of para-hydroxylation sites is 2. The molecule has 4 heteroatoms.